The summed E-state index contributed by atoms with van der Waals surface area (Å²) in [7, 11) is 0. The number of nitrogens with one attached hydrogen (secondary N) is 2. The van der Waals surface area contributed by atoms with Gasteiger partial charge in [-0.2, -0.15) is 0 Å². The molecule has 4 nitrogen and oxygen atoms in total. The van der Waals surface area contributed by atoms with E-state index in [4.69, 9.17) is 0 Å². The van der Waals surface area contributed by atoms with Gasteiger partial charge in [-0.1, -0.05) is 6.42 Å². The van der Waals surface area contributed by atoms with Gasteiger partial charge in [-0.05, 0) is 45.7 Å². The minimum atomic E-state index is -0.168. The second-order valence-corrected chi connectivity index (χ2v) is 7.61. The molecule has 0 saturated heterocycles. The van der Waals surface area contributed by atoms with Crippen LogP contribution in [0.5, 0.6) is 0 Å². The second kappa shape index (κ2) is 10.5. The summed E-state index contributed by atoms with van der Waals surface area (Å²) in [5, 5.41) is 16.7. The van der Waals surface area contributed by atoms with E-state index in [-0.39, 0.29) is 30.1 Å². The van der Waals surface area contributed by atoms with Gasteiger partial charge in [0.25, 0.3) is 0 Å². The van der Waals surface area contributed by atoms with Crippen molar-refractivity contribution in [1.29, 1.82) is 0 Å². The minimum Gasteiger partial charge on any atom is -0.393 e. The van der Waals surface area contributed by atoms with E-state index in [9.17, 15) is 5.11 Å². The maximum Gasteiger partial charge on any atom is 0.191 e. The maximum absolute atomic E-state index is 9.90. The first kappa shape index (κ1) is 20.7. The fraction of sp³-hybridized carbons (Fsp3) is 0.706. The van der Waals surface area contributed by atoms with Crippen LogP contribution in [0, 0.1) is 12.8 Å². The number of hydrogen-bond donors (Lipinski definition) is 3. The van der Waals surface area contributed by atoms with Gasteiger partial charge in [0.05, 0.1) is 6.10 Å². The molecule has 3 unspecified atom stereocenters. The summed E-state index contributed by atoms with van der Waals surface area (Å²) in [5.41, 5.74) is 0. The zero-order valence-electron chi connectivity index (χ0n) is 14.3. The molecule has 1 aliphatic rings. The third-order valence-electron chi connectivity index (χ3n) is 4.13. The molecule has 1 aliphatic carbocycles. The highest BCUT2D eigenvalue weighted by molar-refractivity contribution is 14.0. The average molecular weight is 451 g/mol. The van der Waals surface area contributed by atoms with Crippen LogP contribution >= 0.6 is 35.3 Å². The molecule has 0 radical (unpaired) electrons. The summed E-state index contributed by atoms with van der Waals surface area (Å²) in [4.78, 5) is 7.43. The van der Waals surface area contributed by atoms with E-state index in [0.717, 1.165) is 38.2 Å². The lowest BCUT2D eigenvalue weighted by molar-refractivity contribution is 0.136. The van der Waals surface area contributed by atoms with E-state index in [1.807, 2.05) is 11.3 Å². The fourth-order valence-corrected chi connectivity index (χ4v) is 3.96. The van der Waals surface area contributed by atoms with Crippen LogP contribution in [0.4, 0.5) is 0 Å². The number of nitrogens with zero attached hydrogens (tertiary/aromatic N) is 1. The largest absolute Gasteiger partial charge is 0.393 e. The normalized spacial score (nSPS) is 22.5. The molecule has 0 amide bonds. The average Bonchev–Trinajstić information content (AvgIpc) is 3.05. The minimum absolute atomic E-state index is 0. The zero-order valence-corrected chi connectivity index (χ0v) is 17.5. The Morgan fingerprint density at radius 2 is 2.22 bits per heavy atom. The van der Waals surface area contributed by atoms with Gasteiger partial charge in [-0.3, -0.25) is 4.99 Å². The highest BCUT2D eigenvalue weighted by Gasteiger charge is 2.24. The van der Waals surface area contributed by atoms with Crippen LogP contribution in [-0.4, -0.2) is 36.3 Å². The number of rotatable bonds is 6. The molecule has 3 atom stereocenters. The van der Waals surface area contributed by atoms with Crippen LogP contribution in [0.2, 0.25) is 0 Å². The summed E-state index contributed by atoms with van der Waals surface area (Å²) in [6.45, 7) is 7.97. The van der Waals surface area contributed by atoms with Crippen molar-refractivity contribution in [2.45, 2.75) is 58.6 Å². The van der Waals surface area contributed by atoms with Crippen LogP contribution in [0.25, 0.3) is 0 Å². The molecule has 1 fully saturated rings. The molecule has 1 heterocycles. The molecule has 1 aromatic rings. The van der Waals surface area contributed by atoms with E-state index in [1.54, 1.807) is 0 Å². The smallest absolute Gasteiger partial charge is 0.191 e. The molecule has 1 aromatic heterocycles. The van der Waals surface area contributed by atoms with Crippen molar-refractivity contribution in [2.75, 3.05) is 13.1 Å². The summed E-state index contributed by atoms with van der Waals surface area (Å²) < 4.78 is 0. The van der Waals surface area contributed by atoms with E-state index < -0.39 is 0 Å². The Morgan fingerprint density at radius 3 is 2.78 bits per heavy atom. The van der Waals surface area contributed by atoms with Gasteiger partial charge in [0.15, 0.2) is 5.96 Å². The predicted molar refractivity (Wildman–Crippen MR) is 110 cm³/mol. The first-order chi connectivity index (χ1) is 10.6. The van der Waals surface area contributed by atoms with Gasteiger partial charge in [0.2, 0.25) is 0 Å². The van der Waals surface area contributed by atoms with Crippen molar-refractivity contribution in [3.63, 3.8) is 0 Å². The van der Waals surface area contributed by atoms with Crippen molar-refractivity contribution < 1.29 is 5.11 Å². The summed E-state index contributed by atoms with van der Waals surface area (Å²) in [6.07, 6.45) is 3.99. The number of guanidine groups is 1. The van der Waals surface area contributed by atoms with Crippen LogP contribution in [0.3, 0.4) is 0 Å². The third kappa shape index (κ3) is 6.97. The molecular weight excluding hydrogens is 421 g/mol. The van der Waals surface area contributed by atoms with Crippen molar-refractivity contribution in [3.8, 4) is 0 Å². The Labute approximate surface area is 161 Å². The Hall–Kier alpha value is -0.340. The number of aliphatic hydroxyl groups excluding tert-OH is 1. The Bertz CT molecular complexity index is 492. The number of aryl methyl sites for hydroxylation is 1. The molecule has 1 saturated carbocycles. The topological polar surface area (TPSA) is 56.7 Å². The highest BCUT2D eigenvalue weighted by Crippen LogP contribution is 2.25. The van der Waals surface area contributed by atoms with Crippen molar-refractivity contribution in [2.24, 2.45) is 10.9 Å². The molecule has 0 spiro atoms. The third-order valence-corrected chi connectivity index (χ3v) is 5.16. The first-order valence-electron chi connectivity index (χ1n) is 8.36. The van der Waals surface area contributed by atoms with Gasteiger partial charge < -0.3 is 15.7 Å². The van der Waals surface area contributed by atoms with Gasteiger partial charge >= 0.3 is 0 Å². The lowest BCUT2D eigenvalue weighted by Gasteiger charge is -2.18. The van der Waals surface area contributed by atoms with Crippen LogP contribution in [-0.2, 0) is 6.42 Å². The molecular formula is C17H30IN3OS. The van der Waals surface area contributed by atoms with Gasteiger partial charge in [-0.15, -0.1) is 35.3 Å². The van der Waals surface area contributed by atoms with Crippen LogP contribution in [0.15, 0.2) is 17.1 Å². The van der Waals surface area contributed by atoms with Crippen molar-refractivity contribution >= 4 is 41.3 Å². The number of aliphatic hydroxyl groups is 1. The van der Waals surface area contributed by atoms with E-state index in [1.165, 1.54) is 9.75 Å². The van der Waals surface area contributed by atoms with E-state index in [0.29, 0.717) is 18.5 Å². The molecule has 3 N–H and O–H groups in total. The lowest BCUT2D eigenvalue weighted by atomic mass is 10.1. The number of halogens is 1. The standard InChI is InChI=1S/C17H29N3OS.HI/c1-4-18-17(19-11-14-6-5-7-16(14)21)20-12(2)10-15-9-8-13(3)22-15;/h8-9,12,14,16,21H,4-7,10-11H2,1-3H3,(H2,18,19,20);1H. The Morgan fingerprint density at radius 1 is 1.43 bits per heavy atom. The summed E-state index contributed by atoms with van der Waals surface area (Å²) in [6, 6.07) is 4.72. The van der Waals surface area contributed by atoms with Gasteiger partial charge in [0, 0.05) is 41.2 Å². The van der Waals surface area contributed by atoms with Crippen molar-refractivity contribution in [3.05, 3.63) is 21.9 Å². The molecule has 0 aliphatic heterocycles. The number of aliphatic imine (C=N–C) groups is 1. The molecule has 0 bridgehead atoms. The molecule has 0 aromatic carbocycles. The van der Waals surface area contributed by atoms with Gasteiger partial charge in [0.1, 0.15) is 0 Å². The molecule has 2 rings (SSSR count). The number of hydrogen-bond acceptors (Lipinski definition) is 3. The summed E-state index contributed by atoms with van der Waals surface area (Å²) >= 11 is 1.86. The van der Waals surface area contributed by atoms with Gasteiger partial charge in [-0.25, -0.2) is 0 Å². The van der Waals surface area contributed by atoms with Crippen molar-refractivity contribution in [1.82, 2.24) is 10.6 Å². The first-order valence-corrected chi connectivity index (χ1v) is 9.18. The lowest BCUT2D eigenvalue weighted by Crippen LogP contribution is -2.43. The SMILES string of the molecule is CCNC(=NCC1CCCC1O)NC(C)Cc1ccc(C)s1.I. The molecule has 23 heavy (non-hydrogen) atoms. The Kier molecular flexibility index (Phi) is 9.46. The Balaban J connectivity index is 0.00000264. The number of thiophene rings is 1. The zero-order chi connectivity index (χ0) is 15.9. The quantitative estimate of drug-likeness (QED) is 0.354. The maximum atomic E-state index is 9.90. The van der Waals surface area contributed by atoms with Crippen LogP contribution in [0.1, 0.15) is 42.9 Å². The summed E-state index contributed by atoms with van der Waals surface area (Å²) in [5.74, 6) is 1.19. The highest BCUT2D eigenvalue weighted by atomic mass is 127. The van der Waals surface area contributed by atoms with E-state index >= 15 is 0 Å². The molecule has 6 heteroatoms. The van der Waals surface area contributed by atoms with Crippen LogP contribution < -0.4 is 10.6 Å². The molecule has 132 valence electrons. The fourth-order valence-electron chi connectivity index (χ4n) is 2.94. The second-order valence-electron chi connectivity index (χ2n) is 6.24. The monoisotopic (exact) mass is 451 g/mol. The van der Waals surface area contributed by atoms with E-state index in [2.05, 4.69) is 48.5 Å². The predicted octanol–water partition coefficient (Wildman–Crippen LogP) is 3.32.